The van der Waals surface area contributed by atoms with Crippen molar-refractivity contribution >= 4 is 5.91 Å². The third-order valence-electron chi connectivity index (χ3n) is 3.82. The standard InChI is InChI=1S/C21H28N2O2/c1-17-6-4-7-20(14-17)25-13-5-8-21(24)22-15-18-9-11-19(12-10-18)16-23(2)3/h4,6-7,9-12,14H,5,8,13,15-16H2,1-3H3,(H,22,24). The van der Waals surface area contributed by atoms with Gasteiger partial charge in [-0.05, 0) is 56.3 Å². The number of hydrogen-bond donors (Lipinski definition) is 1. The quantitative estimate of drug-likeness (QED) is 0.710. The van der Waals surface area contributed by atoms with Gasteiger partial charge in [0.15, 0.2) is 0 Å². The molecular formula is C21H28N2O2. The predicted octanol–water partition coefficient (Wildman–Crippen LogP) is 3.53. The molecule has 0 unspecified atom stereocenters. The highest BCUT2D eigenvalue weighted by Gasteiger charge is 2.03. The smallest absolute Gasteiger partial charge is 0.220 e. The molecular weight excluding hydrogens is 312 g/mol. The minimum Gasteiger partial charge on any atom is -0.494 e. The van der Waals surface area contributed by atoms with E-state index in [2.05, 4.69) is 48.6 Å². The normalized spacial score (nSPS) is 10.7. The van der Waals surface area contributed by atoms with Gasteiger partial charge in [-0.1, -0.05) is 36.4 Å². The van der Waals surface area contributed by atoms with Gasteiger partial charge in [0.05, 0.1) is 6.61 Å². The number of hydrogen-bond acceptors (Lipinski definition) is 3. The second-order valence-corrected chi connectivity index (χ2v) is 6.60. The van der Waals surface area contributed by atoms with Crippen molar-refractivity contribution in [1.82, 2.24) is 10.2 Å². The molecule has 1 amide bonds. The molecule has 0 heterocycles. The van der Waals surface area contributed by atoms with Crippen LogP contribution in [-0.4, -0.2) is 31.5 Å². The van der Waals surface area contributed by atoms with E-state index < -0.39 is 0 Å². The summed E-state index contributed by atoms with van der Waals surface area (Å²) in [6, 6.07) is 16.3. The lowest BCUT2D eigenvalue weighted by Crippen LogP contribution is -2.23. The van der Waals surface area contributed by atoms with Gasteiger partial charge >= 0.3 is 0 Å². The van der Waals surface area contributed by atoms with Crippen molar-refractivity contribution in [3.05, 3.63) is 65.2 Å². The Morgan fingerprint density at radius 3 is 2.48 bits per heavy atom. The Kier molecular flexibility index (Phi) is 7.48. The van der Waals surface area contributed by atoms with Gasteiger partial charge in [0.2, 0.25) is 5.91 Å². The molecule has 0 fully saturated rings. The highest BCUT2D eigenvalue weighted by Crippen LogP contribution is 2.12. The number of carbonyl (C=O) groups excluding carboxylic acids is 1. The maximum Gasteiger partial charge on any atom is 0.220 e. The Balaban J connectivity index is 1.63. The van der Waals surface area contributed by atoms with Crippen molar-refractivity contribution in [2.45, 2.75) is 32.9 Å². The molecule has 0 saturated carbocycles. The zero-order valence-corrected chi connectivity index (χ0v) is 15.4. The Labute approximate surface area is 150 Å². The molecule has 1 N–H and O–H groups in total. The molecule has 0 spiro atoms. The van der Waals surface area contributed by atoms with Crippen LogP contribution in [0.1, 0.15) is 29.5 Å². The zero-order valence-electron chi connectivity index (χ0n) is 15.4. The van der Waals surface area contributed by atoms with Gasteiger partial charge in [-0.3, -0.25) is 4.79 Å². The number of nitrogens with one attached hydrogen (secondary N) is 1. The van der Waals surface area contributed by atoms with Crippen molar-refractivity contribution in [1.29, 1.82) is 0 Å². The summed E-state index contributed by atoms with van der Waals surface area (Å²) in [5.74, 6) is 0.920. The van der Waals surface area contributed by atoms with Crippen molar-refractivity contribution in [3.8, 4) is 5.75 Å². The predicted molar refractivity (Wildman–Crippen MR) is 102 cm³/mol. The van der Waals surface area contributed by atoms with E-state index in [4.69, 9.17) is 4.74 Å². The number of benzene rings is 2. The SMILES string of the molecule is Cc1cccc(OCCCC(=O)NCc2ccc(CN(C)C)cc2)c1. The minimum atomic E-state index is 0.0604. The molecule has 4 nitrogen and oxygen atoms in total. The fraction of sp³-hybridized carbons (Fsp3) is 0.381. The Morgan fingerprint density at radius 1 is 1.08 bits per heavy atom. The van der Waals surface area contributed by atoms with Crippen LogP contribution in [0.2, 0.25) is 0 Å². The fourth-order valence-electron chi connectivity index (χ4n) is 2.54. The minimum absolute atomic E-state index is 0.0604. The van der Waals surface area contributed by atoms with E-state index in [9.17, 15) is 4.79 Å². The van der Waals surface area contributed by atoms with Gasteiger partial charge in [0.25, 0.3) is 0 Å². The fourth-order valence-corrected chi connectivity index (χ4v) is 2.54. The van der Waals surface area contributed by atoms with Gasteiger partial charge in [-0.15, -0.1) is 0 Å². The lowest BCUT2D eigenvalue weighted by atomic mass is 10.1. The Bertz CT molecular complexity index is 666. The number of carbonyl (C=O) groups is 1. The number of ether oxygens (including phenoxy) is 1. The summed E-state index contributed by atoms with van der Waals surface area (Å²) < 4.78 is 5.66. The van der Waals surface area contributed by atoms with Crippen LogP contribution < -0.4 is 10.1 Å². The van der Waals surface area contributed by atoms with Crippen LogP contribution in [-0.2, 0) is 17.9 Å². The van der Waals surface area contributed by atoms with Crippen molar-refractivity contribution in [2.75, 3.05) is 20.7 Å². The molecule has 0 radical (unpaired) electrons. The van der Waals surface area contributed by atoms with Crippen LogP contribution in [0.15, 0.2) is 48.5 Å². The molecule has 2 aromatic rings. The van der Waals surface area contributed by atoms with Gasteiger partial charge in [-0.2, -0.15) is 0 Å². The van der Waals surface area contributed by atoms with E-state index in [1.807, 2.05) is 31.2 Å². The van der Waals surface area contributed by atoms with E-state index in [0.717, 1.165) is 17.9 Å². The topological polar surface area (TPSA) is 41.6 Å². The van der Waals surface area contributed by atoms with E-state index in [1.54, 1.807) is 0 Å². The highest BCUT2D eigenvalue weighted by atomic mass is 16.5. The summed E-state index contributed by atoms with van der Waals surface area (Å²) in [6.07, 6.45) is 1.19. The molecule has 25 heavy (non-hydrogen) atoms. The van der Waals surface area contributed by atoms with Crippen molar-refractivity contribution in [2.24, 2.45) is 0 Å². The third-order valence-corrected chi connectivity index (χ3v) is 3.82. The highest BCUT2D eigenvalue weighted by molar-refractivity contribution is 5.75. The lowest BCUT2D eigenvalue weighted by Gasteiger charge is -2.10. The summed E-state index contributed by atoms with van der Waals surface area (Å²) in [4.78, 5) is 14.1. The van der Waals surface area contributed by atoms with Crippen LogP contribution in [0, 0.1) is 6.92 Å². The zero-order chi connectivity index (χ0) is 18.1. The average Bonchev–Trinajstić information content (AvgIpc) is 2.58. The third kappa shape index (κ3) is 7.40. The van der Waals surface area contributed by atoms with Crippen LogP contribution >= 0.6 is 0 Å². The van der Waals surface area contributed by atoms with E-state index in [1.165, 1.54) is 11.1 Å². The molecule has 134 valence electrons. The first kappa shape index (κ1) is 19.0. The second kappa shape index (κ2) is 9.84. The van der Waals surface area contributed by atoms with Gasteiger partial charge in [-0.25, -0.2) is 0 Å². The largest absolute Gasteiger partial charge is 0.494 e. The number of amides is 1. The number of aryl methyl sites for hydroxylation is 1. The van der Waals surface area contributed by atoms with Gasteiger partial charge in [0.1, 0.15) is 5.75 Å². The van der Waals surface area contributed by atoms with Crippen LogP contribution in [0.25, 0.3) is 0 Å². The maximum atomic E-state index is 11.9. The molecule has 0 aliphatic rings. The number of nitrogens with zero attached hydrogens (tertiary/aromatic N) is 1. The lowest BCUT2D eigenvalue weighted by molar-refractivity contribution is -0.121. The summed E-state index contributed by atoms with van der Waals surface area (Å²) in [6.45, 7) is 4.08. The maximum absolute atomic E-state index is 11.9. The van der Waals surface area contributed by atoms with Crippen molar-refractivity contribution < 1.29 is 9.53 Å². The molecule has 2 aromatic carbocycles. The van der Waals surface area contributed by atoms with Gasteiger partial charge < -0.3 is 15.0 Å². The molecule has 0 aliphatic carbocycles. The Hall–Kier alpha value is -2.33. The summed E-state index contributed by atoms with van der Waals surface area (Å²) >= 11 is 0. The molecule has 0 bridgehead atoms. The molecule has 4 heteroatoms. The molecule has 2 rings (SSSR count). The van der Waals surface area contributed by atoms with Gasteiger partial charge in [0, 0.05) is 19.5 Å². The second-order valence-electron chi connectivity index (χ2n) is 6.60. The Morgan fingerprint density at radius 2 is 1.80 bits per heavy atom. The first-order valence-corrected chi connectivity index (χ1v) is 8.71. The molecule has 0 aromatic heterocycles. The average molecular weight is 340 g/mol. The van der Waals surface area contributed by atoms with Crippen LogP contribution in [0.5, 0.6) is 5.75 Å². The molecule has 0 aliphatic heterocycles. The van der Waals surface area contributed by atoms with Crippen LogP contribution in [0.3, 0.4) is 0 Å². The number of rotatable bonds is 9. The first-order chi connectivity index (χ1) is 12.0. The monoisotopic (exact) mass is 340 g/mol. The van der Waals surface area contributed by atoms with E-state index >= 15 is 0 Å². The van der Waals surface area contributed by atoms with Crippen LogP contribution in [0.4, 0.5) is 0 Å². The first-order valence-electron chi connectivity index (χ1n) is 8.71. The molecule has 0 saturated heterocycles. The van der Waals surface area contributed by atoms with E-state index in [0.29, 0.717) is 26.0 Å². The van der Waals surface area contributed by atoms with E-state index in [-0.39, 0.29) is 5.91 Å². The van der Waals surface area contributed by atoms with Crippen molar-refractivity contribution in [3.63, 3.8) is 0 Å². The summed E-state index contributed by atoms with van der Waals surface area (Å²) in [5.41, 5.74) is 3.56. The molecule has 0 atom stereocenters. The summed E-state index contributed by atoms with van der Waals surface area (Å²) in [7, 11) is 4.10. The summed E-state index contributed by atoms with van der Waals surface area (Å²) in [5, 5.41) is 2.96.